The average molecular weight is 214 g/mol. The van der Waals surface area contributed by atoms with Crippen molar-refractivity contribution in [1.82, 2.24) is 19.3 Å². The van der Waals surface area contributed by atoms with Gasteiger partial charge in [-0.2, -0.15) is 4.98 Å². The number of fused-ring (bicyclic) bond motifs is 3. The number of nitrogens with zero attached hydrogens (tertiary/aromatic N) is 4. The molecule has 0 aliphatic heterocycles. The molecule has 3 rings (SSSR count). The molecule has 0 unspecified atom stereocenters. The maximum atomic E-state index is 11.5. The minimum Gasteiger partial charge on any atom is -0.326 e. The Balaban J connectivity index is 2.67. The number of hydrogen-bond acceptors (Lipinski definition) is 3. The molecule has 2 heterocycles. The Morgan fingerprint density at radius 2 is 1.94 bits per heavy atom. The van der Waals surface area contributed by atoms with Crippen molar-refractivity contribution in [3.05, 3.63) is 34.7 Å². The van der Waals surface area contributed by atoms with Crippen molar-refractivity contribution in [3.8, 4) is 0 Å². The van der Waals surface area contributed by atoms with Crippen molar-refractivity contribution in [2.24, 2.45) is 14.1 Å². The van der Waals surface area contributed by atoms with E-state index in [9.17, 15) is 4.79 Å². The summed E-state index contributed by atoms with van der Waals surface area (Å²) in [5, 5.41) is 5.18. The highest BCUT2D eigenvalue weighted by Gasteiger charge is 2.11. The van der Waals surface area contributed by atoms with Crippen molar-refractivity contribution in [1.29, 1.82) is 0 Å². The van der Waals surface area contributed by atoms with E-state index in [2.05, 4.69) is 10.1 Å². The quantitative estimate of drug-likeness (QED) is 0.556. The summed E-state index contributed by atoms with van der Waals surface area (Å²) in [7, 11) is 3.52. The summed E-state index contributed by atoms with van der Waals surface area (Å²) in [6.45, 7) is 0. The second-order valence-electron chi connectivity index (χ2n) is 3.77. The molecule has 0 fully saturated rings. The maximum Gasteiger partial charge on any atom is 0.364 e. The predicted octanol–water partition coefficient (Wildman–Crippen LogP) is 0.820. The minimum atomic E-state index is -0.330. The van der Waals surface area contributed by atoms with Gasteiger partial charge in [-0.15, -0.1) is 5.10 Å². The molecule has 0 aliphatic carbocycles. The fraction of sp³-hybridized carbons (Fsp3) is 0.182. The van der Waals surface area contributed by atoms with Crippen LogP contribution < -0.4 is 5.69 Å². The third-order valence-corrected chi connectivity index (χ3v) is 2.78. The highest BCUT2D eigenvalue weighted by molar-refractivity contribution is 6.03. The molecule has 5 heteroatoms. The van der Waals surface area contributed by atoms with Crippen LogP contribution in [0.15, 0.2) is 29.1 Å². The second-order valence-corrected chi connectivity index (χ2v) is 3.77. The first-order valence-corrected chi connectivity index (χ1v) is 4.97. The van der Waals surface area contributed by atoms with Crippen LogP contribution in [0.25, 0.3) is 22.1 Å². The van der Waals surface area contributed by atoms with Gasteiger partial charge in [-0.3, -0.25) is 0 Å². The predicted molar refractivity (Wildman–Crippen MR) is 61.3 cm³/mol. The Hall–Kier alpha value is -2.17. The molecule has 0 amide bonds. The summed E-state index contributed by atoms with van der Waals surface area (Å²) in [4.78, 5) is 15.5. The van der Waals surface area contributed by atoms with Gasteiger partial charge in [0, 0.05) is 19.5 Å². The zero-order valence-electron chi connectivity index (χ0n) is 9.01. The molecule has 1 aromatic carbocycles. The van der Waals surface area contributed by atoms with Crippen LogP contribution in [0.1, 0.15) is 0 Å². The van der Waals surface area contributed by atoms with Crippen LogP contribution in [0.2, 0.25) is 0 Å². The third-order valence-electron chi connectivity index (χ3n) is 2.78. The van der Waals surface area contributed by atoms with Crippen molar-refractivity contribution in [2.75, 3.05) is 0 Å². The van der Waals surface area contributed by atoms with Gasteiger partial charge in [0.05, 0.1) is 5.52 Å². The van der Waals surface area contributed by atoms with Crippen molar-refractivity contribution in [2.45, 2.75) is 0 Å². The molecule has 0 N–H and O–H groups in total. The lowest BCUT2D eigenvalue weighted by Gasteiger charge is -1.97. The molecule has 0 aliphatic rings. The molecule has 2 aromatic heterocycles. The van der Waals surface area contributed by atoms with E-state index in [-0.39, 0.29) is 5.69 Å². The third kappa shape index (κ3) is 1.02. The van der Waals surface area contributed by atoms with Crippen LogP contribution >= 0.6 is 0 Å². The smallest absolute Gasteiger partial charge is 0.326 e. The van der Waals surface area contributed by atoms with Crippen LogP contribution in [0.5, 0.6) is 0 Å². The van der Waals surface area contributed by atoms with Crippen LogP contribution in [-0.2, 0) is 14.1 Å². The fourth-order valence-electron chi connectivity index (χ4n) is 1.94. The molecule has 16 heavy (non-hydrogen) atoms. The van der Waals surface area contributed by atoms with E-state index in [4.69, 9.17) is 0 Å². The fourth-order valence-corrected chi connectivity index (χ4v) is 1.94. The van der Waals surface area contributed by atoms with Gasteiger partial charge < -0.3 is 4.57 Å². The van der Waals surface area contributed by atoms with Crippen LogP contribution in [0.4, 0.5) is 0 Å². The monoisotopic (exact) mass is 214 g/mol. The molecule has 3 aromatic rings. The van der Waals surface area contributed by atoms with Gasteiger partial charge in [-0.25, -0.2) is 9.48 Å². The second kappa shape index (κ2) is 2.91. The van der Waals surface area contributed by atoms with Gasteiger partial charge >= 0.3 is 5.69 Å². The molecule has 0 spiro atoms. The van der Waals surface area contributed by atoms with Gasteiger partial charge in [-0.05, 0) is 6.07 Å². The standard InChI is InChI=1S/C11H10N4O/c1-14-8-6-4-3-5-7(8)9-10(14)13-15(2)11(16)12-9/h3-6H,1-2H3. The van der Waals surface area contributed by atoms with Crippen molar-refractivity contribution < 1.29 is 0 Å². The Kier molecular flexibility index (Phi) is 1.65. The maximum absolute atomic E-state index is 11.5. The lowest BCUT2D eigenvalue weighted by Crippen LogP contribution is -2.22. The van der Waals surface area contributed by atoms with Crippen molar-refractivity contribution >= 4 is 22.1 Å². The molecule has 0 bridgehead atoms. The first-order valence-electron chi connectivity index (χ1n) is 4.97. The number of aryl methyl sites for hydroxylation is 2. The zero-order valence-corrected chi connectivity index (χ0v) is 9.01. The van der Waals surface area contributed by atoms with E-state index in [0.717, 1.165) is 16.6 Å². The lowest BCUT2D eigenvalue weighted by atomic mass is 10.2. The SMILES string of the molecule is Cn1nc2c(nc1=O)c1ccccc1n2C. The first-order chi connectivity index (χ1) is 7.68. The lowest BCUT2D eigenvalue weighted by molar-refractivity contribution is 0.687. The summed E-state index contributed by atoms with van der Waals surface area (Å²) >= 11 is 0. The summed E-state index contributed by atoms with van der Waals surface area (Å²) in [6.07, 6.45) is 0. The summed E-state index contributed by atoms with van der Waals surface area (Å²) < 4.78 is 3.19. The zero-order chi connectivity index (χ0) is 11.3. The molecule has 80 valence electrons. The molecule has 0 saturated heterocycles. The van der Waals surface area contributed by atoms with Gasteiger partial charge in [-0.1, -0.05) is 18.2 Å². The first kappa shape index (κ1) is 9.08. The Morgan fingerprint density at radius 1 is 1.19 bits per heavy atom. The molecule has 0 saturated carbocycles. The topological polar surface area (TPSA) is 52.7 Å². The van der Waals surface area contributed by atoms with Crippen molar-refractivity contribution in [3.63, 3.8) is 0 Å². The Bertz CT molecular complexity index is 754. The van der Waals surface area contributed by atoms with Gasteiger partial charge in [0.1, 0.15) is 5.52 Å². The normalized spacial score (nSPS) is 11.4. The average Bonchev–Trinajstić information content (AvgIpc) is 2.55. The van der Waals surface area contributed by atoms with E-state index in [1.54, 1.807) is 7.05 Å². The summed E-state index contributed by atoms with van der Waals surface area (Å²) in [6, 6.07) is 7.83. The molecular formula is C11H10N4O. The van der Waals surface area contributed by atoms with Gasteiger partial charge in [0.25, 0.3) is 0 Å². The Morgan fingerprint density at radius 3 is 2.75 bits per heavy atom. The number of para-hydroxylation sites is 1. The van der Waals surface area contributed by atoms with E-state index >= 15 is 0 Å². The highest BCUT2D eigenvalue weighted by atomic mass is 16.1. The number of hydrogen-bond donors (Lipinski definition) is 0. The Labute approximate surface area is 90.9 Å². The summed E-state index contributed by atoms with van der Waals surface area (Å²) in [5.41, 5.74) is 2.09. The van der Waals surface area contributed by atoms with E-state index in [0.29, 0.717) is 5.52 Å². The molecular weight excluding hydrogens is 204 g/mol. The van der Waals surface area contributed by atoms with E-state index in [1.807, 2.05) is 35.9 Å². The van der Waals surface area contributed by atoms with E-state index < -0.39 is 0 Å². The van der Waals surface area contributed by atoms with Gasteiger partial charge in [0.15, 0.2) is 5.65 Å². The van der Waals surface area contributed by atoms with E-state index in [1.165, 1.54) is 4.68 Å². The highest BCUT2D eigenvalue weighted by Crippen LogP contribution is 2.23. The van der Waals surface area contributed by atoms with Crippen LogP contribution in [-0.4, -0.2) is 19.3 Å². The van der Waals surface area contributed by atoms with Crippen LogP contribution in [0, 0.1) is 0 Å². The largest absolute Gasteiger partial charge is 0.364 e. The molecule has 0 radical (unpaired) electrons. The van der Waals surface area contributed by atoms with Gasteiger partial charge in [0.2, 0.25) is 0 Å². The number of rotatable bonds is 0. The van der Waals surface area contributed by atoms with Crippen LogP contribution in [0.3, 0.4) is 0 Å². The minimum absolute atomic E-state index is 0.330. The summed E-state index contributed by atoms with van der Waals surface area (Å²) in [5.74, 6) is 0. The number of benzene rings is 1. The number of aromatic nitrogens is 4. The molecule has 0 atom stereocenters. The molecule has 5 nitrogen and oxygen atoms in total.